The summed E-state index contributed by atoms with van der Waals surface area (Å²) in [7, 11) is 0. The standard InChI is InChI=1S/C19H11ClN4O3S3/c20-12(9-11-5-7-13(8-6-11)24(26)27)10-16-17(25)23(19(28)30-16)22-18-21-14-3-1-2-4-15(14)29-18/h1-10H,(H,21,22)/b12-9+,16-10-. The number of nitrogens with one attached hydrogen (secondary N) is 1. The molecule has 0 aliphatic carbocycles. The van der Waals surface area contributed by atoms with E-state index in [-0.39, 0.29) is 11.6 Å². The summed E-state index contributed by atoms with van der Waals surface area (Å²) in [5.41, 5.74) is 4.46. The highest BCUT2D eigenvalue weighted by atomic mass is 35.5. The summed E-state index contributed by atoms with van der Waals surface area (Å²) < 4.78 is 1.33. The molecule has 0 spiro atoms. The van der Waals surface area contributed by atoms with Gasteiger partial charge in [0.25, 0.3) is 11.6 Å². The predicted molar refractivity (Wildman–Crippen MR) is 125 cm³/mol. The highest BCUT2D eigenvalue weighted by Gasteiger charge is 2.33. The molecule has 2 aromatic carbocycles. The van der Waals surface area contributed by atoms with Crippen LogP contribution in [0.1, 0.15) is 5.56 Å². The number of allylic oxidation sites excluding steroid dienone is 2. The molecule has 1 amide bonds. The molecular formula is C19H11ClN4O3S3. The van der Waals surface area contributed by atoms with E-state index < -0.39 is 4.92 Å². The third-order valence-corrected chi connectivity index (χ3v) is 6.43. The van der Waals surface area contributed by atoms with Gasteiger partial charge in [-0.2, -0.15) is 5.01 Å². The number of aromatic nitrogens is 1. The number of nitro groups is 1. The predicted octanol–water partition coefficient (Wildman–Crippen LogP) is 5.56. The van der Waals surface area contributed by atoms with E-state index in [9.17, 15) is 14.9 Å². The van der Waals surface area contributed by atoms with Crippen LogP contribution in [0.15, 0.2) is 64.5 Å². The number of thioether (sulfide) groups is 1. The molecule has 0 unspecified atom stereocenters. The normalized spacial score (nSPS) is 16.0. The maximum atomic E-state index is 12.7. The Labute approximate surface area is 189 Å². The van der Waals surface area contributed by atoms with Crippen LogP contribution in [0.25, 0.3) is 16.3 Å². The van der Waals surface area contributed by atoms with Gasteiger partial charge in [0.05, 0.1) is 20.0 Å². The number of non-ortho nitro benzene ring substituents is 1. The fourth-order valence-corrected chi connectivity index (χ4v) is 4.92. The van der Waals surface area contributed by atoms with Crippen LogP contribution < -0.4 is 5.43 Å². The number of thiocarbonyl (C=S) groups is 1. The monoisotopic (exact) mass is 474 g/mol. The summed E-state index contributed by atoms with van der Waals surface area (Å²) in [5.74, 6) is -0.334. The molecular weight excluding hydrogens is 464 g/mol. The summed E-state index contributed by atoms with van der Waals surface area (Å²) in [6.45, 7) is 0. The van der Waals surface area contributed by atoms with Crippen LogP contribution in [-0.4, -0.2) is 25.1 Å². The Morgan fingerprint density at radius 2 is 1.97 bits per heavy atom. The van der Waals surface area contributed by atoms with Crippen molar-refractivity contribution in [1.82, 2.24) is 9.99 Å². The molecule has 0 bridgehead atoms. The van der Waals surface area contributed by atoms with Crippen molar-refractivity contribution >= 4 is 84.3 Å². The van der Waals surface area contributed by atoms with Crippen molar-refractivity contribution in [3.63, 3.8) is 0 Å². The molecule has 1 aliphatic heterocycles. The van der Waals surface area contributed by atoms with Gasteiger partial charge in [-0.15, -0.1) is 0 Å². The second-order valence-corrected chi connectivity index (χ2v) is 9.14. The number of nitrogens with zero attached hydrogens (tertiary/aromatic N) is 3. The first-order chi connectivity index (χ1) is 14.4. The molecule has 11 heteroatoms. The van der Waals surface area contributed by atoms with E-state index in [1.165, 1.54) is 34.6 Å². The minimum atomic E-state index is -0.473. The smallest absolute Gasteiger partial charge is 0.266 e. The van der Waals surface area contributed by atoms with Crippen molar-refractivity contribution in [2.24, 2.45) is 0 Å². The van der Waals surface area contributed by atoms with Gasteiger partial charge in [-0.1, -0.05) is 46.8 Å². The summed E-state index contributed by atoms with van der Waals surface area (Å²) in [4.78, 5) is 27.8. The van der Waals surface area contributed by atoms with Gasteiger partial charge < -0.3 is 0 Å². The van der Waals surface area contributed by atoms with Crippen molar-refractivity contribution < 1.29 is 9.72 Å². The molecule has 4 rings (SSSR count). The van der Waals surface area contributed by atoms with Gasteiger partial charge in [0, 0.05) is 17.2 Å². The summed E-state index contributed by atoms with van der Waals surface area (Å²) in [6.07, 6.45) is 3.13. The SMILES string of the molecule is O=C1/C(=C/C(Cl)=C\c2ccc([N+](=O)[O-])cc2)SC(=S)N1Nc1nc2ccccc2s1. The second kappa shape index (κ2) is 8.52. The van der Waals surface area contributed by atoms with Crippen molar-refractivity contribution in [2.45, 2.75) is 0 Å². The number of halogens is 1. The zero-order valence-corrected chi connectivity index (χ0v) is 18.1. The van der Waals surface area contributed by atoms with E-state index in [1.54, 1.807) is 18.2 Å². The number of rotatable bonds is 5. The van der Waals surface area contributed by atoms with E-state index >= 15 is 0 Å². The molecule has 0 saturated carbocycles. The molecule has 30 heavy (non-hydrogen) atoms. The number of para-hydroxylation sites is 1. The molecule has 1 saturated heterocycles. The van der Waals surface area contributed by atoms with Crippen LogP contribution >= 0.6 is 46.9 Å². The van der Waals surface area contributed by atoms with Crippen LogP contribution in [0.4, 0.5) is 10.8 Å². The van der Waals surface area contributed by atoms with Crippen molar-refractivity contribution in [1.29, 1.82) is 0 Å². The first-order valence-corrected chi connectivity index (χ1v) is 10.8. The Kier molecular flexibility index (Phi) is 5.82. The minimum absolute atomic E-state index is 0.00920. The first-order valence-electron chi connectivity index (χ1n) is 8.42. The average molecular weight is 475 g/mol. The van der Waals surface area contributed by atoms with Crippen LogP contribution in [0.2, 0.25) is 0 Å². The maximum Gasteiger partial charge on any atom is 0.285 e. The van der Waals surface area contributed by atoms with Gasteiger partial charge in [0.2, 0.25) is 5.13 Å². The minimum Gasteiger partial charge on any atom is -0.266 e. The zero-order valence-electron chi connectivity index (χ0n) is 14.9. The highest BCUT2D eigenvalue weighted by molar-refractivity contribution is 8.26. The van der Waals surface area contributed by atoms with Gasteiger partial charge in [-0.05, 0) is 54.2 Å². The summed E-state index contributed by atoms with van der Waals surface area (Å²) in [6, 6.07) is 13.6. The quantitative estimate of drug-likeness (QED) is 0.224. The Morgan fingerprint density at radius 3 is 2.67 bits per heavy atom. The molecule has 1 aromatic heterocycles. The van der Waals surface area contributed by atoms with Gasteiger partial charge in [0.1, 0.15) is 0 Å². The number of anilines is 1. The average Bonchev–Trinajstić information content (AvgIpc) is 3.24. The zero-order chi connectivity index (χ0) is 21.3. The molecule has 1 fully saturated rings. The molecule has 1 N–H and O–H groups in total. The number of carbonyl (C=O) groups excluding carboxylic acids is 1. The lowest BCUT2D eigenvalue weighted by Gasteiger charge is -2.14. The number of amides is 1. The van der Waals surface area contributed by atoms with Gasteiger partial charge in [0.15, 0.2) is 4.32 Å². The number of fused-ring (bicyclic) bond motifs is 1. The summed E-state index contributed by atoms with van der Waals surface area (Å²) >= 11 is 14.1. The van der Waals surface area contributed by atoms with Crippen LogP contribution in [0.3, 0.4) is 0 Å². The lowest BCUT2D eigenvalue weighted by Crippen LogP contribution is -2.33. The number of carbonyl (C=O) groups is 1. The van der Waals surface area contributed by atoms with Gasteiger partial charge in [-0.25, -0.2) is 4.98 Å². The molecule has 7 nitrogen and oxygen atoms in total. The van der Waals surface area contributed by atoms with E-state index in [0.29, 0.717) is 25.0 Å². The lowest BCUT2D eigenvalue weighted by atomic mass is 10.2. The Balaban J connectivity index is 1.50. The Bertz CT molecular complexity index is 1200. The van der Waals surface area contributed by atoms with E-state index in [0.717, 1.165) is 22.0 Å². The van der Waals surface area contributed by atoms with Crippen LogP contribution in [0, 0.1) is 10.1 Å². The van der Waals surface area contributed by atoms with Crippen LogP contribution in [-0.2, 0) is 4.79 Å². The maximum absolute atomic E-state index is 12.7. The Morgan fingerprint density at radius 1 is 1.23 bits per heavy atom. The van der Waals surface area contributed by atoms with E-state index in [2.05, 4.69) is 10.4 Å². The molecule has 150 valence electrons. The summed E-state index contributed by atoms with van der Waals surface area (Å²) in [5, 5.41) is 12.8. The van der Waals surface area contributed by atoms with Crippen LogP contribution in [0.5, 0.6) is 0 Å². The highest BCUT2D eigenvalue weighted by Crippen LogP contribution is 2.34. The first kappa shape index (κ1) is 20.5. The lowest BCUT2D eigenvalue weighted by molar-refractivity contribution is -0.384. The van der Waals surface area contributed by atoms with E-state index in [1.807, 2.05) is 24.3 Å². The molecule has 0 radical (unpaired) electrons. The number of hydrogen-bond donors (Lipinski definition) is 1. The third kappa shape index (κ3) is 4.36. The van der Waals surface area contributed by atoms with Crippen molar-refractivity contribution in [2.75, 3.05) is 5.43 Å². The number of nitro benzene ring substituents is 1. The largest absolute Gasteiger partial charge is 0.285 e. The van der Waals surface area contributed by atoms with E-state index in [4.69, 9.17) is 23.8 Å². The molecule has 3 aromatic rings. The van der Waals surface area contributed by atoms with Gasteiger partial charge >= 0.3 is 0 Å². The number of hydrogen-bond acceptors (Lipinski definition) is 8. The molecule has 0 atom stereocenters. The van der Waals surface area contributed by atoms with Crippen molar-refractivity contribution in [3.05, 3.63) is 80.2 Å². The number of hydrazine groups is 1. The van der Waals surface area contributed by atoms with Gasteiger partial charge in [-0.3, -0.25) is 20.3 Å². The topological polar surface area (TPSA) is 88.4 Å². The number of thiazole rings is 1. The Hall–Kier alpha value is -2.79. The molecule has 2 heterocycles. The second-order valence-electron chi connectivity index (χ2n) is 5.99. The van der Waals surface area contributed by atoms with Crippen molar-refractivity contribution in [3.8, 4) is 0 Å². The number of benzene rings is 2. The molecule has 1 aliphatic rings. The fraction of sp³-hybridized carbons (Fsp3) is 0. The third-order valence-electron chi connectivity index (χ3n) is 3.97. The fourth-order valence-electron chi connectivity index (χ4n) is 2.60.